The summed E-state index contributed by atoms with van der Waals surface area (Å²) in [6, 6.07) is 5.95. The summed E-state index contributed by atoms with van der Waals surface area (Å²) in [4.78, 5) is 0. The largest absolute Gasteiger partial charge is 0.386 e. The summed E-state index contributed by atoms with van der Waals surface area (Å²) in [6.07, 6.45) is -0.355. The van der Waals surface area contributed by atoms with Gasteiger partial charge in [0.25, 0.3) is 0 Å². The number of halogens is 1. The molecule has 14 heavy (non-hydrogen) atoms. The molecule has 1 N–H and O–H groups in total. The number of hydrogen-bond donors (Lipinski definition) is 1. The zero-order chi connectivity index (χ0) is 10.6. The Morgan fingerprint density at radius 3 is 2.71 bits per heavy atom. The van der Waals surface area contributed by atoms with E-state index < -0.39 is 6.10 Å². The fraction of sp³-hybridized carbons (Fsp3) is 0.455. The Morgan fingerprint density at radius 2 is 2.21 bits per heavy atom. The smallest absolute Gasteiger partial charge is 0.123 e. The summed E-state index contributed by atoms with van der Waals surface area (Å²) in [5.41, 5.74) is 0.554. The third kappa shape index (κ3) is 2.53. The van der Waals surface area contributed by atoms with Crippen LogP contribution in [-0.4, -0.2) is 18.3 Å². The zero-order valence-electron chi connectivity index (χ0n) is 8.40. The van der Waals surface area contributed by atoms with E-state index in [4.69, 9.17) is 4.74 Å². The van der Waals surface area contributed by atoms with Crippen molar-refractivity contribution in [2.75, 3.05) is 7.11 Å². The summed E-state index contributed by atoms with van der Waals surface area (Å²) >= 11 is 0. The van der Waals surface area contributed by atoms with Crippen molar-refractivity contribution in [1.82, 2.24) is 0 Å². The van der Waals surface area contributed by atoms with Crippen molar-refractivity contribution in [2.45, 2.75) is 25.6 Å². The maximum absolute atomic E-state index is 12.8. The van der Waals surface area contributed by atoms with E-state index in [2.05, 4.69) is 0 Å². The van der Waals surface area contributed by atoms with Crippen LogP contribution in [0.4, 0.5) is 4.39 Å². The Hall–Kier alpha value is -0.930. The lowest BCUT2D eigenvalue weighted by Gasteiger charge is -2.20. The van der Waals surface area contributed by atoms with E-state index in [1.807, 2.05) is 6.92 Å². The number of aliphatic hydroxyl groups excluding tert-OH is 1. The van der Waals surface area contributed by atoms with Crippen molar-refractivity contribution in [3.8, 4) is 0 Å². The molecule has 0 aliphatic heterocycles. The van der Waals surface area contributed by atoms with Crippen LogP contribution in [0.5, 0.6) is 0 Å². The lowest BCUT2D eigenvalue weighted by molar-refractivity contribution is -0.0149. The summed E-state index contributed by atoms with van der Waals surface area (Å²) in [5, 5.41) is 9.81. The second-order valence-corrected chi connectivity index (χ2v) is 3.18. The third-order valence-corrected chi connectivity index (χ3v) is 2.25. The van der Waals surface area contributed by atoms with Gasteiger partial charge in [-0.15, -0.1) is 0 Å². The number of aliphatic hydroxyl groups is 1. The number of hydrogen-bond acceptors (Lipinski definition) is 2. The number of rotatable bonds is 4. The molecular formula is C11H15FO2. The minimum atomic E-state index is -0.763. The highest BCUT2D eigenvalue weighted by molar-refractivity contribution is 5.19. The fourth-order valence-electron chi connectivity index (χ4n) is 1.42. The van der Waals surface area contributed by atoms with Gasteiger partial charge in [0.15, 0.2) is 0 Å². The first-order valence-corrected chi connectivity index (χ1v) is 4.65. The van der Waals surface area contributed by atoms with E-state index in [0.717, 1.165) is 0 Å². The first kappa shape index (κ1) is 11.1. The molecule has 2 nitrogen and oxygen atoms in total. The van der Waals surface area contributed by atoms with E-state index in [9.17, 15) is 9.50 Å². The molecule has 0 aliphatic carbocycles. The molecule has 1 rings (SSSR count). The van der Waals surface area contributed by atoms with Crippen molar-refractivity contribution in [3.05, 3.63) is 35.6 Å². The molecule has 0 aliphatic rings. The lowest BCUT2D eigenvalue weighted by Crippen LogP contribution is -2.19. The van der Waals surface area contributed by atoms with Gasteiger partial charge in [-0.1, -0.05) is 19.1 Å². The molecule has 2 atom stereocenters. The Balaban J connectivity index is 2.82. The molecule has 0 heterocycles. The van der Waals surface area contributed by atoms with Crippen molar-refractivity contribution in [1.29, 1.82) is 0 Å². The van der Waals surface area contributed by atoms with Crippen LogP contribution >= 0.6 is 0 Å². The molecule has 0 spiro atoms. The Labute approximate surface area is 83.3 Å². The predicted molar refractivity (Wildman–Crippen MR) is 52.4 cm³/mol. The summed E-state index contributed by atoms with van der Waals surface area (Å²) < 4.78 is 17.9. The van der Waals surface area contributed by atoms with Gasteiger partial charge in [0.1, 0.15) is 11.9 Å². The normalized spacial score (nSPS) is 15.1. The van der Waals surface area contributed by atoms with Crippen molar-refractivity contribution < 1.29 is 14.2 Å². The fourth-order valence-corrected chi connectivity index (χ4v) is 1.42. The second-order valence-electron chi connectivity index (χ2n) is 3.18. The van der Waals surface area contributed by atoms with E-state index in [0.29, 0.717) is 12.0 Å². The molecule has 0 fully saturated rings. The first-order chi connectivity index (χ1) is 6.69. The van der Waals surface area contributed by atoms with Crippen molar-refractivity contribution >= 4 is 0 Å². The van der Waals surface area contributed by atoms with E-state index in [-0.39, 0.29) is 11.9 Å². The van der Waals surface area contributed by atoms with E-state index >= 15 is 0 Å². The van der Waals surface area contributed by atoms with Crippen LogP contribution in [0.1, 0.15) is 25.0 Å². The van der Waals surface area contributed by atoms with Gasteiger partial charge in [-0.2, -0.15) is 0 Å². The second kappa shape index (κ2) is 5.08. The molecule has 3 heteroatoms. The van der Waals surface area contributed by atoms with E-state index in [1.165, 1.54) is 19.2 Å². The molecule has 0 aromatic heterocycles. The molecular weight excluding hydrogens is 183 g/mol. The van der Waals surface area contributed by atoms with Crippen LogP contribution in [-0.2, 0) is 4.74 Å². The predicted octanol–water partition coefficient (Wildman–Crippen LogP) is 2.28. The summed E-state index contributed by atoms with van der Waals surface area (Å²) in [5.74, 6) is -0.340. The van der Waals surface area contributed by atoms with Gasteiger partial charge in [0.2, 0.25) is 0 Å². The van der Waals surface area contributed by atoms with Crippen molar-refractivity contribution in [2.24, 2.45) is 0 Å². The summed E-state index contributed by atoms with van der Waals surface area (Å²) in [6.45, 7) is 1.91. The maximum Gasteiger partial charge on any atom is 0.123 e. The van der Waals surface area contributed by atoms with Gasteiger partial charge < -0.3 is 9.84 Å². The zero-order valence-corrected chi connectivity index (χ0v) is 8.40. The topological polar surface area (TPSA) is 29.5 Å². The number of methoxy groups -OCH3 is 1. The van der Waals surface area contributed by atoms with Crippen LogP contribution in [0.25, 0.3) is 0 Å². The molecule has 0 amide bonds. The Bertz CT molecular complexity index is 284. The molecule has 1 aromatic rings. The van der Waals surface area contributed by atoms with Crippen LogP contribution in [0.2, 0.25) is 0 Å². The van der Waals surface area contributed by atoms with Gasteiger partial charge in [-0.3, -0.25) is 0 Å². The summed E-state index contributed by atoms with van der Waals surface area (Å²) in [7, 11) is 1.54. The minimum absolute atomic E-state index is 0.281. The molecule has 0 saturated carbocycles. The monoisotopic (exact) mass is 198 g/mol. The van der Waals surface area contributed by atoms with Crippen LogP contribution in [0.15, 0.2) is 24.3 Å². The highest BCUT2D eigenvalue weighted by atomic mass is 19.1. The molecule has 2 unspecified atom stereocenters. The van der Waals surface area contributed by atoms with Crippen LogP contribution in [0.3, 0.4) is 0 Å². The standard InChI is InChI=1S/C11H15FO2/c1-3-10(14-2)11(13)8-5-4-6-9(12)7-8/h4-7,10-11,13H,3H2,1-2H3. The molecule has 0 radical (unpaired) electrons. The lowest BCUT2D eigenvalue weighted by atomic mass is 10.0. The SMILES string of the molecule is CCC(OC)C(O)c1cccc(F)c1. The van der Waals surface area contributed by atoms with Gasteiger partial charge in [0.05, 0.1) is 6.10 Å². The van der Waals surface area contributed by atoms with Gasteiger partial charge in [0, 0.05) is 7.11 Å². The Morgan fingerprint density at radius 1 is 1.50 bits per heavy atom. The molecule has 0 bridgehead atoms. The molecule has 78 valence electrons. The van der Waals surface area contributed by atoms with Gasteiger partial charge in [-0.05, 0) is 24.1 Å². The molecule has 1 aromatic carbocycles. The average molecular weight is 198 g/mol. The first-order valence-electron chi connectivity index (χ1n) is 4.65. The van der Waals surface area contributed by atoms with Gasteiger partial charge in [-0.25, -0.2) is 4.39 Å². The van der Waals surface area contributed by atoms with Gasteiger partial charge >= 0.3 is 0 Å². The quantitative estimate of drug-likeness (QED) is 0.804. The van der Waals surface area contributed by atoms with E-state index in [1.54, 1.807) is 12.1 Å². The number of ether oxygens (including phenoxy) is 1. The minimum Gasteiger partial charge on any atom is -0.386 e. The maximum atomic E-state index is 12.8. The highest BCUT2D eigenvalue weighted by Gasteiger charge is 2.18. The molecule has 0 saturated heterocycles. The van der Waals surface area contributed by atoms with Crippen molar-refractivity contribution in [3.63, 3.8) is 0 Å². The highest BCUT2D eigenvalue weighted by Crippen LogP contribution is 2.21. The average Bonchev–Trinajstić information content (AvgIpc) is 2.19. The Kier molecular flexibility index (Phi) is 4.04. The van der Waals surface area contributed by atoms with Crippen LogP contribution < -0.4 is 0 Å². The van der Waals surface area contributed by atoms with Crippen LogP contribution in [0, 0.1) is 5.82 Å². The third-order valence-electron chi connectivity index (χ3n) is 2.25. The number of benzene rings is 1.